The van der Waals surface area contributed by atoms with E-state index in [0.29, 0.717) is 0 Å². The van der Waals surface area contributed by atoms with Gasteiger partial charge in [-0.2, -0.15) is 0 Å². The smallest absolute Gasteiger partial charge is 0.0788 e. The first kappa shape index (κ1) is 24.8. The standard InChI is InChI=1S/C43H27N/c1-4-10-31-23-34(16-13-28(31)7-1)36-19-21-39-40-22-20-37(35-17-14-29-8-2-5-11-32(29)24-35)27-42(40)44-43(41(39)26-36)38-18-15-30-9-3-6-12-33(30)25-38/h1-27H. The SMILES string of the molecule is c1ccc2cc(-c3ccc4c(c3)nc(-c3ccc5ccccc5c3)c3cc(-c5ccc6ccccc6c5)ccc34)ccc2c1. The highest BCUT2D eigenvalue weighted by Crippen LogP contribution is 2.38. The zero-order valence-electron chi connectivity index (χ0n) is 24.0. The van der Waals surface area contributed by atoms with Crippen molar-refractivity contribution in [2.75, 3.05) is 0 Å². The summed E-state index contributed by atoms with van der Waals surface area (Å²) in [4.78, 5) is 5.41. The molecular weight excluding hydrogens is 530 g/mol. The molecule has 0 saturated carbocycles. The van der Waals surface area contributed by atoms with Gasteiger partial charge in [-0.3, -0.25) is 0 Å². The van der Waals surface area contributed by atoms with Crippen LogP contribution in [0.5, 0.6) is 0 Å². The Morgan fingerprint density at radius 3 is 1.25 bits per heavy atom. The van der Waals surface area contributed by atoms with Crippen molar-refractivity contribution >= 4 is 54.0 Å². The van der Waals surface area contributed by atoms with Crippen molar-refractivity contribution in [3.8, 4) is 33.5 Å². The molecule has 1 heteroatoms. The molecular formula is C43H27N. The largest absolute Gasteiger partial charge is 0.247 e. The van der Waals surface area contributed by atoms with Gasteiger partial charge in [0.1, 0.15) is 0 Å². The van der Waals surface area contributed by atoms with Crippen LogP contribution in [0.15, 0.2) is 164 Å². The first-order chi connectivity index (χ1) is 21.8. The summed E-state index contributed by atoms with van der Waals surface area (Å²) in [6.45, 7) is 0. The number of aromatic nitrogens is 1. The Labute approximate surface area is 255 Å². The molecule has 0 spiro atoms. The van der Waals surface area contributed by atoms with Crippen LogP contribution in [0.3, 0.4) is 0 Å². The minimum atomic E-state index is 1.00. The molecule has 204 valence electrons. The summed E-state index contributed by atoms with van der Waals surface area (Å²) in [6, 6.07) is 59.3. The van der Waals surface area contributed by atoms with E-state index in [1.165, 1.54) is 65.3 Å². The van der Waals surface area contributed by atoms with Gasteiger partial charge in [0.05, 0.1) is 11.2 Å². The van der Waals surface area contributed by atoms with E-state index in [4.69, 9.17) is 4.98 Å². The van der Waals surface area contributed by atoms with Gasteiger partial charge < -0.3 is 0 Å². The molecule has 1 aromatic heterocycles. The maximum absolute atomic E-state index is 5.41. The molecule has 0 N–H and O–H groups in total. The van der Waals surface area contributed by atoms with Gasteiger partial charge in [-0.05, 0) is 90.3 Å². The Morgan fingerprint density at radius 2 is 0.682 bits per heavy atom. The van der Waals surface area contributed by atoms with Gasteiger partial charge in [-0.15, -0.1) is 0 Å². The minimum absolute atomic E-state index is 1.00. The van der Waals surface area contributed by atoms with Gasteiger partial charge in [0.15, 0.2) is 0 Å². The third kappa shape index (κ3) is 4.13. The second kappa shape index (κ2) is 9.90. The number of nitrogens with zero attached hydrogens (tertiary/aromatic N) is 1. The molecule has 0 aliphatic carbocycles. The summed E-state index contributed by atoms with van der Waals surface area (Å²) in [5.74, 6) is 0. The monoisotopic (exact) mass is 557 g/mol. The maximum Gasteiger partial charge on any atom is 0.0788 e. The Balaban J connectivity index is 1.28. The molecule has 0 amide bonds. The summed E-state index contributed by atoms with van der Waals surface area (Å²) >= 11 is 0. The van der Waals surface area contributed by atoms with Gasteiger partial charge in [-0.25, -0.2) is 4.98 Å². The van der Waals surface area contributed by atoms with E-state index in [9.17, 15) is 0 Å². The van der Waals surface area contributed by atoms with Crippen molar-refractivity contribution in [1.82, 2.24) is 4.98 Å². The van der Waals surface area contributed by atoms with E-state index in [2.05, 4.69) is 164 Å². The molecule has 8 aromatic carbocycles. The fraction of sp³-hybridized carbons (Fsp3) is 0. The lowest BCUT2D eigenvalue weighted by atomic mass is 9.93. The Kier molecular flexibility index (Phi) is 5.57. The Hall–Kier alpha value is -5.79. The molecule has 0 unspecified atom stereocenters. The zero-order valence-corrected chi connectivity index (χ0v) is 24.0. The lowest BCUT2D eigenvalue weighted by molar-refractivity contribution is 1.43. The second-order valence-corrected chi connectivity index (χ2v) is 11.6. The molecule has 0 saturated heterocycles. The van der Waals surface area contributed by atoms with E-state index in [-0.39, 0.29) is 0 Å². The quantitative estimate of drug-likeness (QED) is 0.197. The van der Waals surface area contributed by atoms with Crippen molar-refractivity contribution in [1.29, 1.82) is 0 Å². The van der Waals surface area contributed by atoms with Crippen molar-refractivity contribution in [3.05, 3.63) is 164 Å². The molecule has 0 atom stereocenters. The number of benzene rings is 8. The van der Waals surface area contributed by atoms with Crippen LogP contribution in [0.1, 0.15) is 0 Å². The van der Waals surface area contributed by atoms with Crippen LogP contribution in [-0.4, -0.2) is 4.98 Å². The fourth-order valence-electron chi connectivity index (χ4n) is 6.66. The predicted octanol–water partition coefficient (Wildman–Crippen LogP) is 11.8. The normalized spacial score (nSPS) is 11.6. The van der Waals surface area contributed by atoms with Crippen molar-refractivity contribution in [2.45, 2.75) is 0 Å². The fourth-order valence-corrected chi connectivity index (χ4v) is 6.66. The van der Waals surface area contributed by atoms with E-state index >= 15 is 0 Å². The Bertz CT molecular complexity index is 2560. The van der Waals surface area contributed by atoms with E-state index < -0.39 is 0 Å². The summed E-state index contributed by atoms with van der Waals surface area (Å²) in [7, 11) is 0. The topological polar surface area (TPSA) is 12.9 Å². The molecule has 0 aliphatic heterocycles. The van der Waals surface area contributed by atoms with Gasteiger partial charge in [0.2, 0.25) is 0 Å². The molecule has 9 aromatic rings. The van der Waals surface area contributed by atoms with E-state index in [0.717, 1.165) is 22.2 Å². The number of pyridine rings is 1. The molecule has 44 heavy (non-hydrogen) atoms. The van der Waals surface area contributed by atoms with Crippen LogP contribution in [0, 0.1) is 0 Å². The number of hydrogen-bond acceptors (Lipinski definition) is 1. The molecule has 0 fully saturated rings. The van der Waals surface area contributed by atoms with Crippen LogP contribution >= 0.6 is 0 Å². The number of fused-ring (bicyclic) bond motifs is 6. The van der Waals surface area contributed by atoms with Gasteiger partial charge >= 0.3 is 0 Å². The van der Waals surface area contributed by atoms with Crippen molar-refractivity contribution in [2.24, 2.45) is 0 Å². The first-order valence-electron chi connectivity index (χ1n) is 15.1. The third-order valence-corrected chi connectivity index (χ3v) is 8.98. The molecule has 9 rings (SSSR count). The predicted molar refractivity (Wildman–Crippen MR) is 188 cm³/mol. The minimum Gasteiger partial charge on any atom is -0.247 e. The highest BCUT2D eigenvalue weighted by Gasteiger charge is 2.14. The van der Waals surface area contributed by atoms with Crippen LogP contribution in [0.2, 0.25) is 0 Å². The molecule has 1 heterocycles. The summed E-state index contributed by atoms with van der Waals surface area (Å²) in [6.07, 6.45) is 0. The highest BCUT2D eigenvalue weighted by molar-refractivity contribution is 6.13. The molecule has 1 nitrogen and oxygen atoms in total. The number of hydrogen-bond donors (Lipinski definition) is 0. The van der Waals surface area contributed by atoms with Crippen LogP contribution in [-0.2, 0) is 0 Å². The summed E-state index contributed by atoms with van der Waals surface area (Å²) in [5.41, 5.74) is 7.92. The zero-order chi connectivity index (χ0) is 29.0. The van der Waals surface area contributed by atoms with Crippen molar-refractivity contribution < 1.29 is 0 Å². The van der Waals surface area contributed by atoms with Crippen LogP contribution in [0.25, 0.3) is 87.5 Å². The molecule has 0 radical (unpaired) electrons. The maximum atomic E-state index is 5.41. The lowest BCUT2D eigenvalue weighted by Gasteiger charge is -2.14. The average Bonchev–Trinajstić information content (AvgIpc) is 3.10. The highest BCUT2D eigenvalue weighted by atomic mass is 14.7. The Morgan fingerprint density at radius 1 is 0.273 bits per heavy atom. The molecule has 0 bridgehead atoms. The van der Waals surface area contributed by atoms with Crippen LogP contribution in [0.4, 0.5) is 0 Å². The number of rotatable bonds is 3. The van der Waals surface area contributed by atoms with Crippen LogP contribution < -0.4 is 0 Å². The average molecular weight is 558 g/mol. The molecule has 0 aliphatic rings. The van der Waals surface area contributed by atoms with Gasteiger partial charge in [-0.1, -0.05) is 133 Å². The summed E-state index contributed by atoms with van der Waals surface area (Å²) in [5, 5.41) is 11.0. The lowest BCUT2D eigenvalue weighted by Crippen LogP contribution is -1.92. The summed E-state index contributed by atoms with van der Waals surface area (Å²) < 4.78 is 0. The second-order valence-electron chi connectivity index (χ2n) is 11.6. The van der Waals surface area contributed by atoms with Gasteiger partial charge in [0.25, 0.3) is 0 Å². The van der Waals surface area contributed by atoms with E-state index in [1.807, 2.05) is 0 Å². The first-order valence-corrected chi connectivity index (χ1v) is 15.1. The van der Waals surface area contributed by atoms with Gasteiger partial charge in [0, 0.05) is 16.3 Å². The van der Waals surface area contributed by atoms with E-state index in [1.54, 1.807) is 0 Å². The van der Waals surface area contributed by atoms with Crippen molar-refractivity contribution in [3.63, 3.8) is 0 Å². The third-order valence-electron chi connectivity index (χ3n) is 8.98.